The van der Waals surface area contributed by atoms with Gasteiger partial charge in [0.05, 0.1) is 19.3 Å². The molecule has 0 amide bonds. The molecule has 0 bridgehead atoms. The van der Waals surface area contributed by atoms with Crippen molar-refractivity contribution >= 4 is 19.2 Å². The second-order valence-electron chi connectivity index (χ2n) is 3.63. The molecule has 0 saturated carbocycles. The molecule has 0 aromatic heterocycles. The summed E-state index contributed by atoms with van der Waals surface area (Å²) in [6, 6.07) is 0. The largest absolute Gasteiger partial charge is 0.378 e. The Morgan fingerprint density at radius 2 is 1.67 bits per heavy atom. The average Bonchev–Trinajstić information content (AvgIpc) is 2.01. The summed E-state index contributed by atoms with van der Waals surface area (Å²) in [5.41, 5.74) is 0. The van der Waals surface area contributed by atoms with Gasteiger partial charge in [-0.15, -0.1) is 0 Å². The van der Waals surface area contributed by atoms with E-state index in [0.717, 1.165) is 0 Å². The predicted octanol–water partition coefficient (Wildman–Crippen LogP) is 2.26. The Morgan fingerprint density at radius 1 is 1.27 bits per heavy atom. The maximum atomic E-state index is 12.3. The third kappa shape index (κ3) is 5.69. The van der Waals surface area contributed by atoms with Crippen molar-refractivity contribution in [1.29, 1.82) is 0 Å². The Labute approximate surface area is 96.5 Å². The van der Waals surface area contributed by atoms with E-state index in [1.807, 2.05) is 0 Å². The minimum absolute atomic E-state index is 0.118. The van der Waals surface area contributed by atoms with Crippen molar-refractivity contribution in [3.05, 3.63) is 11.0 Å². The van der Waals surface area contributed by atoms with Gasteiger partial charge in [0.15, 0.2) is 4.77 Å². The first-order chi connectivity index (χ1) is 6.81. The first kappa shape index (κ1) is 15.1. The molecule has 0 heterocycles. The number of halogens is 1. The third-order valence-electron chi connectivity index (χ3n) is 1.26. The summed E-state index contributed by atoms with van der Waals surface area (Å²) in [5, 5.41) is 1.70. The van der Waals surface area contributed by atoms with E-state index < -0.39 is 7.60 Å². The number of hydrogen-bond acceptors (Lipinski definition) is 3. The molecule has 4 nitrogen and oxygen atoms in total. The lowest BCUT2D eigenvalue weighted by atomic mass is 10.5. The number of hydrogen-bond donors (Lipinski definition) is 1. The van der Waals surface area contributed by atoms with Gasteiger partial charge in [-0.25, -0.2) is 0 Å². The van der Waals surface area contributed by atoms with Crippen LogP contribution >= 0.6 is 19.2 Å². The van der Waals surface area contributed by atoms with Crippen LogP contribution in [0.4, 0.5) is 0 Å². The first-order valence-corrected chi connectivity index (χ1v) is 6.86. The van der Waals surface area contributed by atoms with Crippen LogP contribution in [0, 0.1) is 0 Å². The Bertz CT molecular complexity index is 252. The number of rotatable bonds is 6. The molecule has 2 N–H and O–H groups in total. The van der Waals surface area contributed by atoms with Gasteiger partial charge < -0.3 is 14.4 Å². The van der Waals surface area contributed by atoms with Gasteiger partial charge in [0.2, 0.25) is 0 Å². The van der Waals surface area contributed by atoms with Crippen LogP contribution in [-0.2, 0) is 13.6 Å². The molecule has 6 heteroatoms. The summed E-state index contributed by atoms with van der Waals surface area (Å²) in [7, 11) is -1.55. The van der Waals surface area contributed by atoms with E-state index in [9.17, 15) is 4.57 Å². The van der Waals surface area contributed by atoms with Crippen LogP contribution in [0.2, 0.25) is 0 Å². The smallest absolute Gasteiger partial charge is 0.321 e. The van der Waals surface area contributed by atoms with Gasteiger partial charge in [-0.3, -0.25) is 4.57 Å². The average molecular weight is 257 g/mol. The summed E-state index contributed by atoms with van der Waals surface area (Å²) >= 11 is 5.89. The predicted molar refractivity (Wildman–Crippen MR) is 61.8 cm³/mol. The molecule has 0 aromatic rings. The molecule has 0 atom stereocenters. The highest BCUT2D eigenvalue weighted by Gasteiger charge is 2.33. The fourth-order valence-electron chi connectivity index (χ4n) is 0.909. The Balaban J connectivity index is 4.85. The van der Waals surface area contributed by atoms with Gasteiger partial charge in [0, 0.05) is 0 Å². The standard InChI is InChI=1S/C9H19ClNO3P/c1-7(2)13-15(12,14-8(3)4)9(10)6-11-5/h6-8,11H,1-5H3/p+1/b9-6-. The SMILES string of the molecule is C[NH2+]/C=C(/Cl)P(=O)(OC(C)C)OC(C)C. The molecule has 0 saturated heterocycles. The fourth-order valence-corrected chi connectivity index (χ4v) is 2.97. The van der Waals surface area contributed by atoms with Crippen LogP contribution in [0.5, 0.6) is 0 Å². The van der Waals surface area contributed by atoms with Gasteiger partial charge in [0.25, 0.3) is 0 Å². The molecule has 15 heavy (non-hydrogen) atoms. The first-order valence-electron chi connectivity index (χ1n) is 4.94. The molecule has 0 aliphatic heterocycles. The highest BCUT2D eigenvalue weighted by molar-refractivity contribution is 7.61. The lowest BCUT2D eigenvalue weighted by Gasteiger charge is -2.21. The zero-order chi connectivity index (χ0) is 12.1. The molecule has 0 fully saturated rings. The Morgan fingerprint density at radius 3 is 1.93 bits per heavy atom. The van der Waals surface area contributed by atoms with Gasteiger partial charge in [-0.1, -0.05) is 11.6 Å². The lowest BCUT2D eigenvalue weighted by molar-refractivity contribution is -0.556. The van der Waals surface area contributed by atoms with Crippen molar-refractivity contribution in [2.45, 2.75) is 39.9 Å². The van der Waals surface area contributed by atoms with Crippen molar-refractivity contribution in [2.75, 3.05) is 7.05 Å². The quantitative estimate of drug-likeness (QED) is 0.742. The van der Waals surface area contributed by atoms with Gasteiger partial charge in [0.1, 0.15) is 6.20 Å². The molecule has 0 rings (SSSR count). The molecular weight excluding hydrogens is 237 g/mol. The molecule has 0 radical (unpaired) electrons. The fraction of sp³-hybridized carbons (Fsp3) is 0.778. The minimum atomic E-state index is -3.34. The van der Waals surface area contributed by atoms with Crippen molar-refractivity contribution in [1.82, 2.24) is 0 Å². The molecular formula is C9H20ClNO3P+. The highest BCUT2D eigenvalue weighted by atomic mass is 35.5. The summed E-state index contributed by atoms with van der Waals surface area (Å²) < 4.78 is 22.9. The van der Waals surface area contributed by atoms with E-state index >= 15 is 0 Å². The Hall–Kier alpha value is 0.140. The van der Waals surface area contributed by atoms with Crippen molar-refractivity contribution < 1.29 is 18.9 Å². The van der Waals surface area contributed by atoms with Crippen molar-refractivity contribution in [2.24, 2.45) is 0 Å². The summed E-state index contributed by atoms with van der Waals surface area (Å²) in [6.45, 7) is 7.15. The van der Waals surface area contributed by atoms with E-state index in [1.54, 1.807) is 40.1 Å². The van der Waals surface area contributed by atoms with E-state index in [2.05, 4.69) is 0 Å². The molecule has 0 unspecified atom stereocenters. The third-order valence-corrected chi connectivity index (χ3v) is 4.08. The zero-order valence-electron chi connectivity index (χ0n) is 9.86. The zero-order valence-corrected chi connectivity index (χ0v) is 11.5. The molecule has 0 aliphatic carbocycles. The molecule has 0 aliphatic rings. The minimum Gasteiger partial charge on any atom is -0.321 e. The van der Waals surface area contributed by atoms with E-state index in [-0.39, 0.29) is 17.0 Å². The molecule has 90 valence electrons. The van der Waals surface area contributed by atoms with E-state index in [4.69, 9.17) is 20.6 Å². The number of quaternary nitrogens is 1. The monoisotopic (exact) mass is 256 g/mol. The number of nitrogens with two attached hydrogens (primary N) is 1. The van der Waals surface area contributed by atoms with Gasteiger partial charge in [-0.05, 0) is 27.7 Å². The Kier molecular flexibility index (Phi) is 6.73. The van der Waals surface area contributed by atoms with E-state index in [0.29, 0.717) is 0 Å². The lowest BCUT2D eigenvalue weighted by Crippen LogP contribution is -2.72. The van der Waals surface area contributed by atoms with Crippen LogP contribution in [-0.4, -0.2) is 19.3 Å². The van der Waals surface area contributed by atoms with Gasteiger partial charge in [-0.2, -0.15) is 0 Å². The van der Waals surface area contributed by atoms with E-state index in [1.165, 1.54) is 6.20 Å². The maximum Gasteiger partial charge on any atom is 0.378 e. The van der Waals surface area contributed by atoms with Crippen LogP contribution in [0.1, 0.15) is 27.7 Å². The second kappa shape index (κ2) is 6.66. The topological polar surface area (TPSA) is 52.1 Å². The summed E-state index contributed by atoms with van der Waals surface area (Å²) in [5.74, 6) is 0. The second-order valence-corrected chi connectivity index (χ2v) is 6.20. The molecule has 0 aromatic carbocycles. The van der Waals surface area contributed by atoms with Crippen molar-refractivity contribution in [3.63, 3.8) is 0 Å². The summed E-state index contributed by atoms with van der Waals surface area (Å²) in [4.78, 5) is 0. The molecule has 0 spiro atoms. The highest BCUT2D eigenvalue weighted by Crippen LogP contribution is 2.59. The normalized spacial score (nSPS) is 14.0. The van der Waals surface area contributed by atoms with Crippen molar-refractivity contribution in [3.8, 4) is 0 Å². The van der Waals surface area contributed by atoms with Crippen LogP contribution < -0.4 is 5.32 Å². The van der Waals surface area contributed by atoms with Crippen LogP contribution in [0.3, 0.4) is 0 Å². The van der Waals surface area contributed by atoms with Gasteiger partial charge >= 0.3 is 7.60 Å². The van der Waals surface area contributed by atoms with Crippen LogP contribution in [0.15, 0.2) is 11.0 Å². The summed E-state index contributed by atoms with van der Waals surface area (Å²) in [6.07, 6.45) is 1.13. The maximum absolute atomic E-state index is 12.3. The van der Waals surface area contributed by atoms with Crippen LogP contribution in [0.25, 0.3) is 0 Å².